The molecule has 0 aliphatic carbocycles. The lowest BCUT2D eigenvalue weighted by atomic mass is 9.79. The zero-order valence-electron chi connectivity index (χ0n) is 21.0. The first-order valence-electron chi connectivity index (χ1n) is 12.5. The van der Waals surface area contributed by atoms with Gasteiger partial charge < -0.3 is 29.9 Å². The zero-order valence-corrected chi connectivity index (χ0v) is 21.0. The Labute approximate surface area is 224 Å². The molecule has 0 bridgehead atoms. The van der Waals surface area contributed by atoms with Crippen LogP contribution in [0.1, 0.15) is 30.2 Å². The Morgan fingerprint density at radius 1 is 1.05 bits per heavy atom. The number of anilines is 3. The third-order valence-corrected chi connectivity index (χ3v) is 6.61. The topological polar surface area (TPSA) is 138 Å². The van der Waals surface area contributed by atoms with Crippen molar-refractivity contribution in [1.82, 2.24) is 20.1 Å². The number of hydrogen-bond donors (Lipinski definition) is 4. The zero-order chi connectivity index (χ0) is 26.8. The molecule has 0 saturated carbocycles. The minimum atomic E-state index is -0.919. The van der Waals surface area contributed by atoms with E-state index in [1.807, 2.05) is 61.5 Å². The Hall–Kier alpha value is -4.58. The van der Waals surface area contributed by atoms with Gasteiger partial charge in [0.15, 0.2) is 0 Å². The highest BCUT2D eigenvalue weighted by Crippen LogP contribution is 2.33. The number of aliphatic hydroxyl groups excluding tert-OH is 1. The van der Waals surface area contributed by atoms with E-state index in [4.69, 9.17) is 9.18 Å². The molecule has 0 radical (unpaired) electrons. The van der Waals surface area contributed by atoms with Gasteiger partial charge in [-0.1, -0.05) is 41.6 Å². The molecule has 1 unspecified atom stereocenters. The number of pyridine rings is 2. The van der Waals surface area contributed by atoms with Crippen molar-refractivity contribution < 1.29 is 19.3 Å². The molecule has 0 amide bonds. The maximum Gasteiger partial charge on any atom is 0.491 e. The van der Waals surface area contributed by atoms with Crippen LogP contribution in [0.2, 0.25) is 0 Å². The Balaban J connectivity index is 1.35. The number of rotatable bonds is 8. The lowest BCUT2D eigenvalue weighted by molar-refractivity contribution is 0.209. The average Bonchev–Trinajstić information content (AvgIpc) is 3.57. The van der Waals surface area contributed by atoms with Crippen molar-refractivity contribution in [2.45, 2.75) is 19.1 Å². The van der Waals surface area contributed by atoms with E-state index >= 15 is 0 Å². The molecule has 11 heteroatoms. The van der Waals surface area contributed by atoms with Crippen LogP contribution in [0, 0.1) is 0 Å². The van der Waals surface area contributed by atoms with Crippen molar-refractivity contribution in [2.75, 3.05) is 17.2 Å². The maximum atomic E-state index is 10.2. The summed E-state index contributed by atoms with van der Waals surface area (Å²) >= 11 is 0. The minimum Gasteiger partial charge on any atom is -0.423 e. The highest BCUT2D eigenvalue weighted by molar-refractivity contribution is 6.61. The number of nitrogens with zero attached hydrogens (tertiary/aromatic N) is 4. The molecule has 0 saturated heterocycles. The van der Waals surface area contributed by atoms with Crippen molar-refractivity contribution in [3.63, 3.8) is 0 Å². The summed E-state index contributed by atoms with van der Waals surface area (Å²) < 4.78 is 11.1. The van der Waals surface area contributed by atoms with Crippen molar-refractivity contribution in [3.05, 3.63) is 96.4 Å². The fraction of sp³-hybridized carbons (Fsp3) is 0.143. The molecular weight excluding hydrogens is 495 g/mol. The molecule has 2 aromatic carbocycles. The van der Waals surface area contributed by atoms with Crippen LogP contribution in [0.4, 0.5) is 17.2 Å². The fourth-order valence-corrected chi connectivity index (χ4v) is 4.59. The molecule has 10 nitrogen and oxygen atoms in total. The van der Waals surface area contributed by atoms with Gasteiger partial charge in [0.25, 0.3) is 5.89 Å². The quantitative estimate of drug-likeness (QED) is 0.223. The monoisotopic (exact) mass is 520 g/mol. The fourth-order valence-electron chi connectivity index (χ4n) is 4.59. The van der Waals surface area contributed by atoms with Crippen molar-refractivity contribution in [2.24, 2.45) is 0 Å². The molecule has 39 heavy (non-hydrogen) atoms. The van der Waals surface area contributed by atoms with Crippen LogP contribution in [0.3, 0.4) is 0 Å². The predicted molar refractivity (Wildman–Crippen MR) is 147 cm³/mol. The summed E-state index contributed by atoms with van der Waals surface area (Å²) in [6.45, 7) is 1.77. The van der Waals surface area contributed by atoms with Gasteiger partial charge in [0.1, 0.15) is 5.82 Å². The number of benzene rings is 2. The Morgan fingerprint density at radius 3 is 2.67 bits per heavy atom. The normalized spacial score (nSPS) is 15.2. The minimum absolute atomic E-state index is 0.133. The first kappa shape index (κ1) is 24.7. The highest BCUT2D eigenvalue weighted by atomic mass is 16.5. The lowest BCUT2D eigenvalue weighted by Crippen LogP contribution is -2.27. The molecule has 2 atom stereocenters. The van der Waals surface area contributed by atoms with Crippen LogP contribution in [0.15, 0.2) is 89.8 Å². The first-order chi connectivity index (χ1) is 19.1. The van der Waals surface area contributed by atoms with Gasteiger partial charge in [-0.3, -0.25) is 4.98 Å². The van der Waals surface area contributed by atoms with Gasteiger partial charge in [0.2, 0.25) is 5.82 Å². The summed E-state index contributed by atoms with van der Waals surface area (Å²) in [5.41, 5.74) is 5.40. The van der Waals surface area contributed by atoms with Crippen molar-refractivity contribution in [3.8, 4) is 22.8 Å². The van der Waals surface area contributed by atoms with E-state index in [9.17, 15) is 10.1 Å². The standard InChI is InChI=1S/C28H25BN6O4/c1-17-21-13-20(7-8-23(21)29(37)38-17)32-26-14-24(33-25(16-36)18-5-3-2-4-6-18)22(15-31-26)28-34-27(35-39-28)19-9-11-30-12-10-19/h2-15,17,25,36-37H,16H2,1H3,(H2,31,32,33)/t17?,25-/m1/s1. The summed E-state index contributed by atoms with van der Waals surface area (Å²) in [5, 5.41) is 31.2. The van der Waals surface area contributed by atoms with E-state index in [1.165, 1.54) is 0 Å². The molecule has 3 aromatic heterocycles. The third kappa shape index (κ3) is 5.10. The third-order valence-electron chi connectivity index (χ3n) is 6.61. The van der Waals surface area contributed by atoms with Crippen LogP contribution in [0.5, 0.6) is 0 Å². The van der Waals surface area contributed by atoms with Crippen LogP contribution >= 0.6 is 0 Å². The second-order valence-corrected chi connectivity index (χ2v) is 9.16. The molecular formula is C28H25BN6O4. The summed E-state index contributed by atoms with van der Waals surface area (Å²) in [6, 6.07) is 20.4. The predicted octanol–water partition coefficient (Wildman–Crippen LogP) is 3.86. The molecule has 6 rings (SSSR count). The van der Waals surface area contributed by atoms with Crippen molar-refractivity contribution in [1.29, 1.82) is 0 Å². The van der Waals surface area contributed by atoms with E-state index < -0.39 is 7.12 Å². The summed E-state index contributed by atoms with van der Waals surface area (Å²) in [7, 11) is -0.919. The van der Waals surface area contributed by atoms with Gasteiger partial charge in [0, 0.05) is 35.9 Å². The molecule has 4 heterocycles. The van der Waals surface area contributed by atoms with E-state index in [0.29, 0.717) is 22.9 Å². The number of aromatic nitrogens is 4. The van der Waals surface area contributed by atoms with E-state index in [1.54, 1.807) is 30.7 Å². The number of hydrogen-bond acceptors (Lipinski definition) is 10. The SMILES string of the molecule is CC1OB(O)c2ccc(Nc3cc(N[C@H](CO)c4ccccc4)c(-c4nc(-c5ccncc5)no4)cn3)cc21. The molecule has 4 N–H and O–H groups in total. The average molecular weight is 520 g/mol. The van der Waals surface area contributed by atoms with Gasteiger partial charge in [-0.2, -0.15) is 4.98 Å². The Kier molecular flexibility index (Phi) is 6.76. The van der Waals surface area contributed by atoms with Gasteiger partial charge in [-0.25, -0.2) is 4.98 Å². The molecule has 5 aromatic rings. The maximum absolute atomic E-state index is 10.2. The molecule has 0 fully saturated rings. The van der Waals surface area contributed by atoms with Gasteiger partial charge in [-0.05, 0) is 47.8 Å². The number of fused-ring (bicyclic) bond motifs is 1. The van der Waals surface area contributed by atoms with E-state index in [2.05, 4.69) is 30.7 Å². The number of aliphatic hydroxyl groups is 1. The van der Waals surface area contributed by atoms with E-state index in [0.717, 1.165) is 27.8 Å². The van der Waals surface area contributed by atoms with Crippen LogP contribution < -0.4 is 16.1 Å². The highest BCUT2D eigenvalue weighted by Gasteiger charge is 2.32. The van der Waals surface area contributed by atoms with Crippen LogP contribution in [0.25, 0.3) is 22.8 Å². The largest absolute Gasteiger partial charge is 0.491 e. The van der Waals surface area contributed by atoms with Gasteiger partial charge >= 0.3 is 7.12 Å². The number of nitrogens with one attached hydrogen (secondary N) is 2. The summed E-state index contributed by atoms with van der Waals surface area (Å²) in [5.74, 6) is 1.27. The second-order valence-electron chi connectivity index (χ2n) is 9.16. The molecule has 0 spiro atoms. The second kappa shape index (κ2) is 10.7. The molecule has 1 aliphatic heterocycles. The van der Waals surface area contributed by atoms with Gasteiger partial charge in [0.05, 0.1) is 30.0 Å². The smallest absolute Gasteiger partial charge is 0.423 e. The Morgan fingerprint density at radius 2 is 1.87 bits per heavy atom. The summed E-state index contributed by atoms with van der Waals surface area (Å²) in [6.07, 6.45) is 4.77. The molecule has 194 valence electrons. The van der Waals surface area contributed by atoms with Crippen molar-refractivity contribution >= 4 is 29.8 Å². The Bertz CT molecular complexity index is 1580. The first-order valence-corrected chi connectivity index (χ1v) is 12.5. The summed E-state index contributed by atoms with van der Waals surface area (Å²) in [4.78, 5) is 13.2. The van der Waals surface area contributed by atoms with Gasteiger partial charge in [-0.15, -0.1) is 0 Å². The lowest BCUT2D eigenvalue weighted by Gasteiger charge is -2.20. The van der Waals surface area contributed by atoms with Crippen LogP contribution in [-0.2, 0) is 4.65 Å². The van der Waals surface area contributed by atoms with E-state index in [-0.39, 0.29) is 24.6 Å². The molecule has 1 aliphatic rings. The van der Waals surface area contributed by atoms with Crippen LogP contribution in [-0.4, -0.2) is 44.0 Å².